The molecule has 0 aromatic rings. The molecule has 0 saturated heterocycles. The van der Waals surface area contributed by atoms with Crippen molar-refractivity contribution in [2.45, 2.75) is 39.2 Å². The van der Waals surface area contributed by atoms with Crippen LogP contribution in [0.5, 0.6) is 0 Å². The summed E-state index contributed by atoms with van der Waals surface area (Å²) in [5, 5.41) is 11.1. The number of aliphatic hydroxyl groups excluding tert-OH is 1. The molecule has 1 unspecified atom stereocenters. The first-order valence-corrected chi connectivity index (χ1v) is 5.09. The van der Waals surface area contributed by atoms with Crippen molar-refractivity contribution in [2.75, 3.05) is 19.8 Å². The summed E-state index contributed by atoms with van der Waals surface area (Å²) in [6.45, 7) is 6.82. The quantitative estimate of drug-likeness (QED) is 0.640. The monoisotopic (exact) mass is 203 g/mol. The van der Waals surface area contributed by atoms with E-state index < -0.39 is 6.61 Å². The van der Waals surface area contributed by atoms with Crippen molar-refractivity contribution < 1.29 is 14.6 Å². The second-order valence-electron chi connectivity index (χ2n) is 3.49. The van der Waals surface area contributed by atoms with E-state index in [1.54, 1.807) is 0 Å². The Morgan fingerprint density at radius 2 is 2.14 bits per heavy atom. The third kappa shape index (κ3) is 5.19. The maximum absolute atomic E-state index is 10.7. The molecule has 0 aliphatic carbocycles. The molecule has 2 N–H and O–H groups in total. The van der Waals surface area contributed by atoms with E-state index in [1.165, 1.54) is 0 Å². The molecular weight excluding hydrogens is 182 g/mol. The van der Waals surface area contributed by atoms with Gasteiger partial charge in [0.1, 0.15) is 6.61 Å². The van der Waals surface area contributed by atoms with Crippen molar-refractivity contribution in [1.29, 1.82) is 0 Å². The standard InChI is InChI=1S/C10H21NO3/c1-4-10(3,14-5-2)6-7-11-9(13)8-12/h12H,4-8H2,1-3H3,(H,11,13). The predicted octanol–water partition coefficient (Wildman–Crippen LogP) is 0.690. The molecule has 0 aliphatic heterocycles. The molecule has 4 nitrogen and oxygen atoms in total. The zero-order chi connectivity index (χ0) is 11.0. The van der Waals surface area contributed by atoms with Gasteiger partial charge in [0, 0.05) is 13.2 Å². The number of hydrogen-bond donors (Lipinski definition) is 2. The van der Waals surface area contributed by atoms with Gasteiger partial charge in [-0.15, -0.1) is 0 Å². The molecule has 0 fully saturated rings. The normalized spacial score (nSPS) is 14.9. The van der Waals surface area contributed by atoms with Crippen molar-refractivity contribution in [2.24, 2.45) is 0 Å². The summed E-state index contributed by atoms with van der Waals surface area (Å²) < 4.78 is 5.58. The Kier molecular flexibility index (Phi) is 6.49. The number of aliphatic hydroxyl groups is 1. The average Bonchev–Trinajstić information content (AvgIpc) is 2.18. The summed E-state index contributed by atoms with van der Waals surface area (Å²) in [5.41, 5.74) is -0.169. The Hall–Kier alpha value is -0.610. The minimum Gasteiger partial charge on any atom is -0.387 e. The minimum absolute atomic E-state index is 0.169. The van der Waals surface area contributed by atoms with Crippen LogP contribution in [-0.4, -0.2) is 36.4 Å². The van der Waals surface area contributed by atoms with E-state index in [0.717, 1.165) is 12.8 Å². The van der Waals surface area contributed by atoms with Crippen LogP contribution in [0.1, 0.15) is 33.6 Å². The number of amides is 1. The topological polar surface area (TPSA) is 58.6 Å². The largest absolute Gasteiger partial charge is 0.387 e. The highest BCUT2D eigenvalue weighted by Gasteiger charge is 2.21. The van der Waals surface area contributed by atoms with Crippen LogP contribution >= 0.6 is 0 Å². The average molecular weight is 203 g/mol. The number of nitrogens with one attached hydrogen (secondary N) is 1. The maximum Gasteiger partial charge on any atom is 0.245 e. The summed E-state index contributed by atoms with van der Waals surface area (Å²) in [6.07, 6.45) is 1.68. The third-order valence-corrected chi connectivity index (χ3v) is 2.36. The predicted molar refractivity (Wildman–Crippen MR) is 55.0 cm³/mol. The van der Waals surface area contributed by atoms with Crippen LogP contribution < -0.4 is 5.32 Å². The molecule has 0 radical (unpaired) electrons. The van der Waals surface area contributed by atoms with Gasteiger partial charge in [0.15, 0.2) is 0 Å². The van der Waals surface area contributed by atoms with Gasteiger partial charge in [0.05, 0.1) is 5.60 Å². The van der Waals surface area contributed by atoms with E-state index in [4.69, 9.17) is 9.84 Å². The number of ether oxygens (including phenoxy) is 1. The SMILES string of the molecule is CCOC(C)(CC)CCNC(=O)CO. The maximum atomic E-state index is 10.7. The van der Waals surface area contributed by atoms with Crippen LogP contribution in [0.25, 0.3) is 0 Å². The van der Waals surface area contributed by atoms with Crippen molar-refractivity contribution in [3.63, 3.8) is 0 Å². The van der Waals surface area contributed by atoms with Crippen molar-refractivity contribution >= 4 is 5.91 Å². The van der Waals surface area contributed by atoms with E-state index in [1.807, 2.05) is 13.8 Å². The fourth-order valence-electron chi connectivity index (χ4n) is 1.22. The molecule has 1 atom stereocenters. The molecule has 1 amide bonds. The van der Waals surface area contributed by atoms with Crippen molar-refractivity contribution in [3.05, 3.63) is 0 Å². The molecule has 0 bridgehead atoms. The number of carbonyl (C=O) groups is 1. The van der Waals surface area contributed by atoms with Crippen LogP contribution in [0.3, 0.4) is 0 Å². The number of carbonyl (C=O) groups excluding carboxylic acids is 1. The second kappa shape index (κ2) is 6.79. The molecule has 0 spiro atoms. The third-order valence-electron chi connectivity index (χ3n) is 2.36. The van der Waals surface area contributed by atoms with E-state index in [-0.39, 0.29) is 11.5 Å². The van der Waals surface area contributed by atoms with Crippen LogP contribution in [0.15, 0.2) is 0 Å². The molecular formula is C10H21NO3. The van der Waals surface area contributed by atoms with E-state index in [9.17, 15) is 4.79 Å². The Bertz CT molecular complexity index is 173. The minimum atomic E-state index is -0.447. The molecule has 0 saturated carbocycles. The van der Waals surface area contributed by atoms with Gasteiger partial charge in [0.2, 0.25) is 5.91 Å². The second-order valence-corrected chi connectivity index (χ2v) is 3.49. The lowest BCUT2D eigenvalue weighted by Gasteiger charge is -2.28. The number of rotatable bonds is 7. The Morgan fingerprint density at radius 3 is 2.57 bits per heavy atom. The molecule has 0 aliphatic rings. The van der Waals surface area contributed by atoms with Gasteiger partial charge < -0.3 is 15.2 Å². The van der Waals surface area contributed by atoms with Gasteiger partial charge in [-0.3, -0.25) is 4.79 Å². The first-order chi connectivity index (χ1) is 6.58. The fraction of sp³-hybridized carbons (Fsp3) is 0.900. The van der Waals surface area contributed by atoms with Gasteiger partial charge in [-0.05, 0) is 26.7 Å². The molecule has 0 rings (SSSR count). The van der Waals surface area contributed by atoms with Gasteiger partial charge in [-0.2, -0.15) is 0 Å². The zero-order valence-corrected chi connectivity index (χ0v) is 9.30. The Morgan fingerprint density at radius 1 is 1.50 bits per heavy atom. The molecule has 84 valence electrons. The summed E-state index contributed by atoms with van der Waals surface area (Å²) in [5.74, 6) is -0.333. The molecule has 0 aromatic heterocycles. The van der Waals surface area contributed by atoms with Crippen LogP contribution in [0.2, 0.25) is 0 Å². The van der Waals surface area contributed by atoms with Gasteiger partial charge in [-0.25, -0.2) is 0 Å². The van der Waals surface area contributed by atoms with Crippen LogP contribution in [-0.2, 0) is 9.53 Å². The van der Waals surface area contributed by atoms with E-state index in [2.05, 4.69) is 12.2 Å². The summed E-state index contributed by atoms with van der Waals surface area (Å²) in [7, 11) is 0. The fourth-order valence-corrected chi connectivity index (χ4v) is 1.22. The lowest BCUT2D eigenvalue weighted by molar-refractivity contribution is -0.124. The van der Waals surface area contributed by atoms with Crippen LogP contribution in [0, 0.1) is 0 Å². The van der Waals surface area contributed by atoms with E-state index in [0.29, 0.717) is 13.2 Å². The Balaban J connectivity index is 3.77. The highest BCUT2D eigenvalue weighted by molar-refractivity contribution is 5.76. The van der Waals surface area contributed by atoms with Gasteiger partial charge in [-0.1, -0.05) is 6.92 Å². The molecule has 4 heteroatoms. The molecule has 0 aromatic carbocycles. The molecule has 14 heavy (non-hydrogen) atoms. The van der Waals surface area contributed by atoms with Crippen LogP contribution in [0.4, 0.5) is 0 Å². The lowest BCUT2D eigenvalue weighted by Crippen LogP contribution is -2.35. The summed E-state index contributed by atoms with van der Waals surface area (Å²) in [4.78, 5) is 10.7. The molecule has 0 heterocycles. The van der Waals surface area contributed by atoms with Gasteiger partial charge in [0.25, 0.3) is 0 Å². The first-order valence-electron chi connectivity index (χ1n) is 5.09. The lowest BCUT2D eigenvalue weighted by atomic mass is 9.99. The smallest absolute Gasteiger partial charge is 0.245 e. The first kappa shape index (κ1) is 13.4. The van der Waals surface area contributed by atoms with E-state index >= 15 is 0 Å². The number of hydrogen-bond acceptors (Lipinski definition) is 3. The van der Waals surface area contributed by atoms with Gasteiger partial charge >= 0.3 is 0 Å². The van der Waals surface area contributed by atoms with Crippen molar-refractivity contribution in [3.8, 4) is 0 Å². The summed E-state index contributed by atoms with van der Waals surface area (Å²) in [6, 6.07) is 0. The summed E-state index contributed by atoms with van der Waals surface area (Å²) >= 11 is 0. The van der Waals surface area contributed by atoms with Crippen molar-refractivity contribution in [1.82, 2.24) is 5.32 Å². The highest BCUT2D eigenvalue weighted by Crippen LogP contribution is 2.18. The Labute approximate surface area is 85.6 Å². The highest BCUT2D eigenvalue weighted by atomic mass is 16.5. The zero-order valence-electron chi connectivity index (χ0n) is 9.30.